The van der Waals surface area contributed by atoms with Gasteiger partial charge in [-0.25, -0.2) is 0 Å². The highest BCUT2D eigenvalue weighted by Gasteiger charge is 2.47. The van der Waals surface area contributed by atoms with Crippen molar-refractivity contribution < 1.29 is 24.1 Å². The molecule has 146 valence electrons. The average molecular weight is 393 g/mol. The molecule has 1 aromatic heterocycles. The predicted molar refractivity (Wildman–Crippen MR) is 101 cm³/mol. The van der Waals surface area contributed by atoms with E-state index in [2.05, 4.69) is 0 Å². The minimum atomic E-state index is -0.434. The summed E-state index contributed by atoms with van der Waals surface area (Å²) in [6.07, 6.45) is 1.86. The molecule has 4 rings (SSSR count). The van der Waals surface area contributed by atoms with Crippen molar-refractivity contribution in [2.24, 2.45) is 11.8 Å². The molecule has 0 bridgehead atoms. The maximum atomic E-state index is 10.6. The van der Waals surface area contributed by atoms with Crippen LogP contribution in [0.1, 0.15) is 42.5 Å². The summed E-state index contributed by atoms with van der Waals surface area (Å²) < 4.78 is 17.8. The molecule has 1 aromatic carbocycles. The zero-order valence-electron chi connectivity index (χ0n) is 15.3. The Morgan fingerprint density at radius 1 is 1.22 bits per heavy atom. The molecule has 2 aliphatic rings. The van der Waals surface area contributed by atoms with Gasteiger partial charge in [0.1, 0.15) is 30.0 Å². The van der Waals surface area contributed by atoms with E-state index in [0.717, 1.165) is 34.9 Å². The van der Waals surface area contributed by atoms with Crippen LogP contribution in [-0.2, 0) is 11.3 Å². The molecule has 0 unspecified atom stereocenters. The molecule has 1 saturated carbocycles. The third-order valence-electron chi connectivity index (χ3n) is 5.82. The summed E-state index contributed by atoms with van der Waals surface area (Å²) in [5, 5.41) is 20.4. The van der Waals surface area contributed by atoms with Gasteiger partial charge in [-0.05, 0) is 61.6 Å². The molecule has 0 radical (unpaired) electrons. The number of benzene rings is 1. The number of aryl methyl sites for hydroxylation is 1. The number of aliphatic hydroxyl groups is 2. The van der Waals surface area contributed by atoms with E-state index in [4.69, 9.17) is 30.6 Å². The lowest BCUT2D eigenvalue weighted by Gasteiger charge is -2.33. The second-order valence-corrected chi connectivity index (χ2v) is 7.96. The molecule has 0 amide bonds. The number of hydrogen-bond donors (Lipinski definition) is 2. The van der Waals surface area contributed by atoms with Gasteiger partial charge in [0, 0.05) is 17.4 Å². The smallest absolute Gasteiger partial charge is 0.133 e. The molecule has 6 heteroatoms. The summed E-state index contributed by atoms with van der Waals surface area (Å²) in [4.78, 5) is 0. The van der Waals surface area contributed by atoms with Crippen LogP contribution in [0.2, 0.25) is 5.02 Å². The van der Waals surface area contributed by atoms with Crippen molar-refractivity contribution in [3.8, 4) is 5.75 Å². The fourth-order valence-electron chi connectivity index (χ4n) is 4.32. The highest BCUT2D eigenvalue weighted by atomic mass is 35.5. The highest BCUT2D eigenvalue weighted by molar-refractivity contribution is 6.31. The van der Waals surface area contributed by atoms with Crippen LogP contribution in [0, 0.1) is 18.8 Å². The van der Waals surface area contributed by atoms with Crippen molar-refractivity contribution in [3.05, 3.63) is 52.4 Å². The SMILES string of the molecule is Cc1cc(OC[C@@H]2[C@H]3CC[C@H](c4ccc(CO)o4)O[C@H]3C[C@@H]2O)ccc1Cl. The van der Waals surface area contributed by atoms with Gasteiger partial charge in [-0.1, -0.05) is 11.6 Å². The number of aliphatic hydroxyl groups excluding tert-OH is 2. The zero-order valence-corrected chi connectivity index (χ0v) is 16.1. The molecular weight excluding hydrogens is 368 g/mol. The zero-order chi connectivity index (χ0) is 19.0. The monoisotopic (exact) mass is 392 g/mol. The fraction of sp³-hybridized carbons (Fsp3) is 0.524. The number of ether oxygens (including phenoxy) is 2. The highest BCUT2D eigenvalue weighted by Crippen LogP contribution is 2.46. The van der Waals surface area contributed by atoms with Crippen molar-refractivity contribution in [2.75, 3.05) is 6.61 Å². The Kier molecular flexibility index (Phi) is 5.46. The molecular formula is C21H25ClO5. The summed E-state index contributed by atoms with van der Waals surface area (Å²) in [5.74, 6) is 2.40. The first-order valence-electron chi connectivity index (χ1n) is 9.47. The predicted octanol–water partition coefficient (Wildman–Crippen LogP) is 4.03. The van der Waals surface area contributed by atoms with Gasteiger partial charge in [0.2, 0.25) is 0 Å². The molecule has 1 saturated heterocycles. The van der Waals surface area contributed by atoms with Gasteiger partial charge in [-0.2, -0.15) is 0 Å². The first-order valence-corrected chi connectivity index (χ1v) is 9.85. The van der Waals surface area contributed by atoms with Crippen LogP contribution in [0.25, 0.3) is 0 Å². The lowest BCUT2D eigenvalue weighted by atomic mass is 9.86. The van der Waals surface area contributed by atoms with Crippen LogP contribution in [0.5, 0.6) is 5.75 Å². The third kappa shape index (κ3) is 3.87. The van der Waals surface area contributed by atoms with Gasteiger partial charge in [0.15, 0.2) is 0 Å². The van der Waals surface area contributed by atoms with E-state index < -0.39 is 6.10 Å². The van der Waals surface area contributed by atoms with E-state index >= 15 is 0 Å². The summed E-state index contributed by atoms with van der Waals surface area (Å²) >= 11 is 6.06. The quantitative estimate of drug-likeness (QED) is 0.803. The van der Waals surface area contributed by atoms with Gasteiger partial charge in [-0.3, -0.25) is 0 Å². The normalized spacial score (nSPS) is 30.3. The Morgan fingerprint density at radius 3 is 2.81 bits per heavy atom. The fourth-order valence-corrected chi connectivity index (χ4v) is 4.44. The molecule has 0 spiro atoms. The molecule has 2 aromatic rings. The number of rotatable bonds is 5. The maximum Gasteiger partial charge on any atom is 0.133 e. The van der Waals surface area contributed by atoms with E-state index in [1.54, 1.807) is 6.07 Å². The van der Waals surface area contributed by atoms with Gasteiger partial charge >= 0.3 is 0 Å². The molecule has 1 aliphatic heterocycles. The Morgan fingerprint density at radius 2 is 2.07 bits per heavy atom. The lowest BCUT2D eigenvalue weighted by molar-refractivity contribution is -0.0894. The van der Waals surface area contributed by atoms with Crippen LogP contribution < -0.4 is 4.74 Å². The molecule has 27 heavy (non-hydrogen) atoms. The van der Waals surface area contributed by atoms with Crippen molar-refractivity contribution in [1.82, 2.24) is 0 Å². The molecule has 1 aliphatic carbocycles. The molecule has 2 heterocycles. The van der Waals surface area contributed by atoms with E-state index in [1.165, 1.54) is 0 Å². The molecule has 2 fully saturated rings. The molecule has 5 nitrogen and oxygen atoms in total. The van der Waals surface area contributed by atoms with Crippen LogP contribution in [0.3, 0.4) is 0 Å². The van der Waals surface area contributed by atoms with Crippen LogP contribution in [0.4, 0.5) is 0 Å². The Hall–Kier alpha value is -1.53. The van der Waals surface area contributed by atoms with E-state index in [-0.39, 0.29) is 30.7 Å². The van der Waals surface area contributed by atoms with Crippen molar-refractivity contribution in [2.45, 2.75) is 51.1 Å². The first-order chi connectivity index (χ1) is 13.0. The van der Waals surface area contributed by atoms with Crippen molar-refractivity contribution >= 4 is 11.6 Å². The third-order valence-corrected chi connectivity index (χ3v) is 6.25. The summed E-state index contributed by atoms with van der Waals surface area (Å²) in [7, 11) is 0. The Bertz CT molecular complexity index is 789. The van der Waals surface area contributed by atoms with Gasteiger partial charge in [0.05, 0.1) is 18.8 Å². The number of halogens is 1. The average Bonchev–Trinajstić information content (AvgIpc) is 3.26. The second-order valence-electron chi connectivity index (χ2n) is 7.56. The number of hydrogen-bond acceptors (Lipinski definition) is 5. The van der Waals surface area contributed by atoms with Gasteiger partial charge in [0.25, 0.3) is 0 Å². The largest absolute Gasteiger partial charge is 0.493 e. The minimum absolute atomic E-state index is 0.00183. The lowest BCUT2D eigenvalue weighted by Crippen LogP contribution is -2.33. The number of furan rings is 1. The Labute approximate surface area is 163 Å². The van der Waals surface area contributed by atoms with Gasteiger partial charge in [-0.15, -0.1) is 0 Å². The van der Waals surface area contributed by atoms with Crippen LogP contribution in [0.15, 0.2) is 34.7 Å². The summed E-state index contributed by atoms with van der Waals surface area (Å²) in [6.45, 7) is 2.30. The van der Waals surface area contributed by atoms with Crippen LogP contribution in [-0.4, -0.2) is 29.0 Å². The Balaban J connectivity index is 1.38. The topological polar surface area (TPSA) is 72.1 Å². The van der Waals surface area contributed by atoms with E-state index in [9.17, 15) is 5.11 Å². The second kappa shape index (κ2) is 7.84. The molecule has 2 N–H and O–H groups in total. The first kappa shape index (κ1) is 18.8. The minimum Gasteiger partial charge on any atom is -0.493 e. The van der Waals surface area contributed by atoms with Crippen molar-refractivity contribution in [3.63, 3.8) is 0 Å². The maximum absolute atomic E-state index is 10.6. The number of fused-ring (bicyclic) bond motifs is 1. The molecule has 5 atom stereocenters. The van der Waals surface area contributed by atoms with Gasteiger partial charge < -0.3 is 24.1 Å². The van der Waals surface area contributed by atoms with Crippen molar-refractivity contribution in [1.29, 1.82) is 0 Å². The van der Waals surface area contributed by atoms with E-state index in [1.807, 2.05) is 31.2 Å². The van der Waals surface area contributed by atoms with E-state index in [0.29, 0.717) is 18.8 Å². The summed E-state index contributed by atoms with van der Waals surface area (Å²) in [6, 6.07) is 9.25. The van der Waals surface area contributed by atoms with Crippen LogP contribution >= 0.6 is 11.6 Å². The summed E-state index contributed by atoms with van der Waals surface area (Å²) in [5.41, 5.74) is 0.976. The standard InChI is InChI=1S/C21H25ClO5/c1-12-8-13(2-5-17(12)22)25-11-16-15-4-7-20(27-21(15)9-18(16)24)19-6-3-14(10-23)26-19/h2-3,5-6,8,15-16,18,20-21,23-24H,4,7,9-11H2,1H3/t15-,16-,18+,20-,21+/m1/s1.